The number of aromatic amines is 1. The van der Waals surface area contributed by atoms with E-state index in [0.29, 0.717) is 49.6 Å². The van der Waals surface area contributed by atoms with Crippen molar-refractivity contribution in [3.63, 3.8) is 0 Å². The molecule has 0 aliphatic rings. The molecular formula is C20H24N8O3S. The quantitative estimate of drug-likeness (QED) is 0.298. The predicted molar refractivity (Wildman–Crippen MR) is 119 cm³/mol. The number of nitriles is 1. The summed E-state index contributed by atoms with van der Waals surface area (Å²) in [6.07, 6.45) is 6.09. The van der Waals surface area contributed by atoms with E-state index in [0.717, 1.165) is 5.69 Å². The number of H-pyrrole nitrogens is 1. The van der Waals surface area contributed by atoms with Gasteiger partial charge in [-0.05, 0) is 30.7 Å². The van der Waals surface area contributed by atoms with E-state index >= 15 is 0 Å². The van der Waals surface area contributed by atoms with Gasteiger partial charge in [-0.3, -0.25) is 0 Å². The molecule has 0 radical (unpaired) electrons. The monoisotopic (exact) mass is 456 g/mol. The van der Waals surface area contributed by atoms with Crippen LogP contribution in [0.4, 0.5) is 17.5 Å². The summed E-state index contributed by atoms with van der Waals surface area (Å²) in [4.78, 5) is 15.7. The first-order chi connectivity index (χ1) is 15.5. The number of nitrogens with one attached hydrogen (secondary N) is 4. The van der Waals surface area contributed by atoms with Crippen LogP contribution >= 0.6 is 0 Å². The maximum Gasteiger partial charge on any atom is 0.240 e. The van der Waals surface area contributed by atoms with E-state index in [1.54, 1.807) is 31.8 Å². The SMILES string of the molecule is COCCCNS(=O)(=O)c1ccc(Nc2ncc(C#N)c(NCCc3c[nH]cn3)n2)cc1. The molecule has 0 aliphatic heterocycles. The third kappa shape index (κ3) is 6.48. The number of ether oxygens (including phenoxy) is 1. The highest BCUT2D eigenvalue weighted by atomic mass is 32.2. The second kappa shape index (κ2) is 11.2. The summed E-state index contributed by atoms with van der Waals surface area (Å²) < 4.78 is 32.1. The Bertz CT molecular complexity index is 1140. The number of rotatable bonds is 12. The van der Waals surface area contributed by atoms with Gasteiger partial charge in [-0.25, -0.2) is 23.1 Å². The van der Waals surface area contributed by atoms with Crippen molar-refractivity contribution in [2.24, 2.45) is 0 Å². The predicted octanol–water partition coefficient (Wildman–Crippen LogP) is 1.78. The molecule has 0 unspecified atom stereocenters. The van der Waals surface area contributed by atoms with Gasteiger partial charge in [-0.15, -0.1) is 0 Å². The van der Waals surface area contributed by atoms with Crippen LogP contribution in [0.3, 0.4) is 0 Å². The molecule has 2 heterocycles. The number of anilines is 3. The highest BCUT2D eigenvalue weighted by Gasteiger charge is 2.13. The number of hydrogen-bond acceptors (Lipinski definition) is 9. The number of imidazole rings is 1. The third-order valence-electron chi connectivity index (χ3n) is 4.38. The highest BCUT2D eigenvalue weighted by molar-refractivity contribution is 7.89. The molecule has 0 saturated heterocycles. The molecule has 3 aromatic rings. The first-order valence-corrected chi connectivity index (χ1v) is 11.3. The van der Waals surface area contributed by atoms with E-state index < -0.39 is 10.0 Å². The molecule has 1 aromatic carbocycles. The Balaban J connectivity index is 1.63. The molecule has 0 spiro atoms. The number of hydrogen-bond donors (Lipinski definition) is 4. The van der Waals surface area contributed by atoms with Crippen molar-refractivity contribution in [3.05, 3.63) is 54.2 Å². The molecule has 32 heavy (non-hydrogen) atoms. The van der Waals surface area contributed by atoms with Crippen molar-refractivity contribution in [1.29, 1.82) is 5.26 Å². The van der Waals surface area contributed by atoms with Crippen LogP contribution in [0.5, 0.6) is 0 Å². The lowest BCUT2D eigenvalue weighted by atomic mass is 10.3. The molecule has 0 aliphatic carbocycles. The Kier molecular flexibility index (Phi) is 8.09. The molecule has 3 rings (SSSR count). The molecule has 0 fully saturated rings. The Labute approximate surface area is 186 Å². The molecule has 0 atom stereocenters. The van der Waals surface area contributed by atoms with Crippen molar-refractivity contribution >= 4 is 27.5 Å². The van der Waals surface area contributed by atoms with Gasteiger partial charge in [-0.2, -0.15) is 10.2 Å². The third-order valence-corrected chi connectivity index (χ3v) is 5.85. The number of aromatic nitrogens is 4. The van der Waals surface area contributed by atoms with Gasteiger partial charge in [0.1, 0.15) is 17.5 Å². The lowest BCUT2D eigenvalue weighted by Gasteiger charge is -2.10. The van der Waals surface area contributed by atoms with Gasteiger partial charge in [0.25, 0.3) is 0 Å². The summed E-state index contributed by atoms with van der Waals surface area (Å²) >= 11 is 0. The molecule has 0 amide bonds. The molecule has 0 bridgehead atoms. The second-order valence-electron chi connectivity index (χ2n) is 6.70. The summed E-state index contributed by atoms with van der Waals surface area (Å²) in [5, 5.41) is 15.4. The lowest BCUT2D eigenvalue weighted by Crippen LogP contribution is -2.25. The smallest absolute Gasteiger partial charge is 0.240 e. The van der Waals surface area contributed by atoms with Gasteiger partial charge >= 0.3 is 0 Å². The van der Waals surface area contributed by atoms with Crippen molar-refractivity contribution in [1.82, 2.24) is 24.7 Å². The fraction of sp³-hybridized carbons (Fsp3) is 0.300. The van der Waals surface area contributed by atoms with E-state index in [2.05, 4.69) is 41.4 Å². The fourth-order valence-electron chi connectivity index (χ4n) is 2.75. The van der Waals surface area contributed by atoms with Crippen LogP contribution < -0.4 is 15.4 Å². The minimum absolute atomic E-state index is 0.155. The largest absolute Gasteiger partial charge is 0.385 e. The van der Waals surface area contributed by atoms with Crippen molar-refractivity contribution in [2.75, 3.05) is 37.4 Å². The van der Waals surface area contributed by atoms with E-state index in [-0.39, 0.29) is 10.8 Å². The van der Waals surface area contributed by atoms with E-state index in [9.17, 15) is 13.7 Å². The van der Waals surface area contributed by atoms with Crippen LogP contribution in [0.15, 0.2) is 47.9 Å². The van der Waals surface area contributed by atoms with Gasteiger partial charge in [-0.1, -0.05) is 0 Å². The van der Waals surface area contributed by atoms with Gasteiger partial charge in [0.05, 0.1) is 23.1 Å². The molecule has 2 aromatic heterocycles. The average Bonchev–Trinajstić information content (AvgIpc) is 3.31. The average molecular weight is 457 g/mol. The number of nitrogens with zero attached hydrogens (tertiary/aromatic N) is 4. The summed E-state index contributed by atoms with van der Waals surface area (Å²) in [6.45, 7) is 1.32. The van der Waals surface area contributed by atoms with Crippen LogP contribution in [0.1, 0.15) is 17.7 Å². The van der Waals surface area contributed by atoms with Crippen LogP contribution in [0.25, 0.3) is 0 Å². The zero-order valence-corrected chi connectivity index (χ0v) is 18.3. The Morgan fingerprint density at radius 3 is 2.69 bits per heavy atom. The molecular weight excluding hydrogens is 432 g/mol. The lowest BCUT2D eigenvalue weighted by molar-refractivity contribution is 0.196. The minimum Gasteiger partial charge on any atom is -0.385 e. The number of methoxy groups -OCH3 is 1. The Morgan fingerprint density at radius 2 is 2.00 bits per heavy atom. The zero-order valence-electron chi connectivity index (χ0n) is 17.5. The molecule has 4 N–H and O–H groups in total. The molecule has 0 saturated carbocycles. The maximum atomic E-state index is 12.3. The van der Waals surface area contributed by atoms with E-state index in [4.69, 9.17) is 4.74 Å². The first-order valence-electron chi connectivity index (χ1n) is 9.86. The van der Waals surface area contributed by atoms with Gasteiger partial charge in [0.2, 0.25) is 16.0 Å². The minimum atomic E-state index is -3.59. The standard InChI is InChI=1S/C20H24N8O3S/c1-31-10-2-8-26-32(29,30)18-5-3-16(4-6-18)27-20-24-12-15(11-21)19(28-20)23-9-7-17-13-22-14-25-17/h3-6,12-14,26H,2,7-10H2,1H3,(H,22,25)(H2,23,24,27,28). The van der Waals surface area contributed by atoms with Gasteiger partial charge in [0.15, 0.2) is 0 Å². The fourth-order valence-corrected chi connectivity index (χ4v) is 3.82. The van der Waals surface area contributed by atoms with Crippen LogP contribution in [0, 0.1) is 11.3 Å². The number of benzene rings is 1. The maximum absolute atomic E-state index is 12.3. The molecule has 12 heteroatoms. The highest BCUT2D eigenvalue weighted by Crippen LogP contribution is 2.19. The summed E-state index contributed by atoms with van der Waals surface area (Å²) in [6, 6.07) is 8.29. The summed E-state index contributed by atoms with van der Waals surface area (Å²) in [5.41, 5.74) is 1.82. The van der Waals surface area contributed by atoms with E-state index in [1.807, 2.05) is 0 Å². The molecule has 11 nitrogen and oxygen atoms in total. The second-order valence-corrected chi connectivity index (χ2v) is 8.47. The Morgan fingerprint density at radius 1 is 1.19 bits per heavy atom. The first kappa shape index (κ1) is 23.1. The summed E-state index contributed by atoms with van der Waals surface area (Å²) in [7, 11) is -2.03. The summed E-state index contributed by atoms with van der Waals surface area (Å²) in [5.74, 6) is 0.680. The Hall–Kier alpha value is -3.53. The number of sulfonamides is 1. The molecule has 168 valence electrons. The van der Waals surface area contributed by atoms with E-state index in [1.165, 1.54) is 18.3 Å². The van der Waals surface area contributed by atoms with Crippen LogP contribution in [0.2, 0.25) is 0 Å². The van der Waals surface area contributed by atoms with Crippen molar-refractivity contribution < 1.29 is 13.2 Å². The van der Waals surface area contributed by atoms with Crippen LogP contribution in [-0.4, -0.2) is 55.2 Å². The normalized spacial score (nSPS) is 11.1. The zero-order chi connectivity index (χ0) is 22.8. The van der Waals surface area contributed by atoms with Gasteiger partial charge < -0.3 is 20.4 Å². The van der Waals surface area contributed by atoms with Crippen molar-refractivity contribution in [3.8, 4) is 6.07 Å². The van der Waals surface area contributed by atoms with Crippen molar-refractivity contribution in [2.45, 2.75) is 17.7 Å². The van der Waals surface area contributed by atoms with Gasteiger partial charge in [0, 0.05) is 45.1 Å². The van der Waals surface area contributed by atoms with Crippen LogP contribution in [-0.2, 0) is 21.2 Å². The topological polar surface area (TPSA) is 158 Å².